The quantitative estimate of drug-likeness (QED) is 0.600. The summed E-state index contributed by atoms with van der Waals surface area (Å²) in [5.74, 6) is 0.796. The van der Waals surface area contributed by atoms with E-state index in [-0.39, 0.29) is 12.3 Å². The van der Waals surface area contributed by atoms with E-state index < -0.39 is 0 Å². The topological polar surface area (TPSA) is 55.1 Å². The Morgan fingerprint density at radius 3 is 2.64 bits per heavy atom. The number of nitrogens with two attached hydrogens (primary N) is 1. The Labute approximate surface area is 67.3 Å². The van der Waals surface area contributed by atoms with Gasteiger partial charge in [-0.25, -0.2) is 0 Å². The molecule has 1 saturated heterocycles. The third-order valence-electron chi connectivity index (χ3n) is 2.20. The van der Waals surface area contributed by atoms with Crippen molar-refractivity contribution in [1.29, 1.82) is 0 Å². The molecule has 0 amide bonds. The fourth-order valence-corrected chi connectivity index (χ4v) is 1.49. The number of piperidine rings is 1. The van der Waals surface area contributed by atoms with Crippen molar-refractivity contribution in [3.05, 3.63) is 0 Å². The Morgan fingerprint density at radius 2 is 2.09 bits per heavy atom. The van der Waals surface area contributed by atoms with Crippen molar-refractivity contribution < 1.29 is 4.79 Å². The number of carbonyl (C=O) groups excluding carboxylic acids is 1. The SMILES string of the molecule is NCC(=O)CC1CCNCC1. The van der Waals surface area contributed by atoms with Gasteiger partial charge in [0.15, 0.2) is 0 Å². The molecule has 1 aliphatic heterocycles. The van der Waals surface area contributed by atoms with Crippen molar-refractivity contribution in [1.82, 2.24) is 5.32 Å². The van der Waals surface area contributed by atoms with E-state index in [9.17, 15) is 4.79 Å². The molecule has 0 bridgehead atoms. The Balaban J connectivity index is 2.19. The monoisotopic (exact) mass is 156 g/mol. The van der Waals surface area contributed by atoms with Gasteiger partial charge in [-0.1, -0.05) is 0 Å². The third-order valence-corrected chi connectivity index (χ3v) is 2.20. The lowest BCUT2D eigenvalue weighted by Gasteiger charge is -2.21. The van der Waals surface area contributed by atoms with Gasteiger partial charge in [-0.05, 0) is 31.8 Å². The maximum absolute atomic E-state index is 10.9. The van der Waals surface area contributed by atoms with E-state index in [4.69, 9.17) is 5.73 Å². The van der Waals surface area contributed by atoms with Crippen molar-refractivity contribution >= 4 is 5.78 Å². The minimum atomic E-state index is 0.205. The van der Waals surface area contributed by atoms with E-state index in [2.05, 4.69) is 5.32 Å². The Morgan fingerprint density at radius 1 is 1.45 bits per heavy atom. The number of Topliss-reactive ketones (excluding diaryl/α,β-unsaturated/α-hetero) is 1. The van der Waals surface area contributed by atoms with Crippen LogP contribution < -0.4 is 11.1 Å². The maximum Gasteiger partial charge on any atom is 0.146 e. The molecule has 11 heavy (non-hydrogen) atoms. The summed E-state index contributed by atoms with van der Waals surface area (Å²) in [6, 6.07) is 0. The number of ketones is 1. The number of rotatable bonds is 3. The van der Waals surface area contributed by atoms with Crippen molar-refractivity contribution in [3.8, 4) is 0 Å². The first kappa shape index (κ1) is 8.68. The van der Waals surface area contributed by atoms with E-state index in [1.54, 1.807) is 0 Å². The summed E-state index contributed by atoms with van der Waals surface area (Å²) in [5, 5.41) is 3.26. The predicted molar refractivity (Wildman–Crippen MR) is 44.3 cm³/mol. The molecule has 1 aliphatic rings. The summed E-state index contributed by atoms with van der Waals surface area (Å²) in [6.45, 7) is 2.33. The van der Waals surface area contributed by atoms with Gasteiger partial charge in [0.25, 0.3) is 0 Å². The molecule has 3 heteroatoms. The highest BCUT2D eigenvalue weighted by Gasteiger charge is 2.15. The molecule has 0 spiro atoms. The molecule has 0 aromatic rings. The van der Waals surface area contributed by atoms with E-state index in [1.807, 2.05) is 0 Å². The second-order valence-corrected chi connectivity index (χ2v) is 3.14. The zero-order valence-corrected chi connectivity index (χ0v) is 6.81. The molecule has 1 fully saturated rings. The van der Waals surface area contributed by atoms with Crippen LogP contribution in [0.4, 0.5) is 0 Å². The first-order chi connectivity index (χ1) is 5.33. The molecule has 3 N–H and O–H groups in total. The van der Waals surface area contributed by atoms with Gasteiger partial charge in [0, 0.05) is 6.42 Å². The van der Waals surface area contributed by atoms with Gasteiger partial charge >= 0.3 is 0 Å². The highest BCUT2D eigenvalue weighted by molar-refractivity contribution is 5.80. The molecule has 3 nitrogen and oxygen atoms in total. The van der Waals surface area contributed by atoms with Crippen molar-refractivity contribution in [2.75, 3.05) is 19.6 Å². The van der Waals surface area contributed by atoms with E-state index in [1.165, 1.54) is 0 Å². The van der Waals surface area contributed by atoms with Crippen LogP contribution in [0.2, 0.25) is 0 Å². The summed E-state index contributed by atoms with van der Waals surface area (Å²) in [4.78, 5) is 10.9. The summed E-state index contributed by atoms with van der Waals surface area (Å²) in [7, 11) is 0. The van der Waals surface area contributed by atoms with Crippen molar-refractivity contribution in [3.63, 3.8) is 0 Å². The molecule has 1 rings (SSSR count). The van der Waals surface area contributed by atoms with Crippen molar-refractivity contribution in [2.24, 2.45) is 11.7 Å². The standard InChI is InChI=1S/C8H16N2O/c9-6-8(11)5-7-1-3-10-4-2-7/h7,10H,1-6,9H2. The molecule has 1 heterocycles. The Bertz CT molecular complexity index is 130. The average Bonchev–Trinajstić information content (AvgIpc) is 2.06. The zero-order valence-electron chi connectivity index (χ0n) is 6.81. The van der Waals surface area contributed by atoms with Crippen molar-refractivity contribution in [2.45, 2.75) is 19.3 Å². The van der Waals surface area contributed by atoms with Crippen LogP contribution in [-0.2, 0) is 4.79 Å². The Hall–Kier alpha value is -0.410. The first-order valence-electron chi connectivity index (χ1n) is 4.25. The third kappa shape index (κ3) is 2.99. The first-order valence-corrected chi connectivity index (χ1v) is 4.25. The summed E-state index contributed by atoms with van der Waals surface area (Å²) < 4.78 is 0. The molecule has 0 unspecified atom stereocenters. The van der Waals surface area contributed by atoms with Crippen LogP contribution in [0.3, 0.4) is 0 Å². The molecule has 64 valence electrons. The lowest BCUT2D eigenvalue weighted by Crippen LogP contribution is -2.30. The van der Waals surface area contributed by atoms with Gasteiger partial charge < -0.3 is 11.1 Å². The molecule has 0 atom stereocenters. The molecule has 0 aromatic heterocycles. The van der Waals surface area contributed by atoms with Crippen LogP contribution in [0, 0.1) is 5.92 Å². The fraction of sp³-hybridized carbons (Fsp3) is 0.875. The van der Waals surface area contributed by atoms with Crippen LogP contribution in [-0.4, -0.2) is 25.4 Å². The van der Waals surface area contributed by atoms with Gasteiger partial charge in [-0.2, -0.15) is 0 Å². The fourth-order valence-electron chi connectivity index (χ4n) is 1.49. The smallest absolute Gasteiger partial charge is 0.146 e. The predicted octanol–water partition coefficient (Wildman–Crippen LogP) is -0.0961. The second kappa shape index (κ2) is 4.46. The minimum Gasteiger partial charge on any atom is -0.324 e. The minimum absolute atomic E-state index is 0.205. The number of carbonyl (C=O) groups is 1. The van der Waals surface area contributed by atoms with E-state index in [0.29, 0.717) is 12.3 Å². The van der Waals surface area contributed by atoms with E-state index >= 15 is 0 Å². The van der Waals surface area contributed by atoms with Crippen LogP contribution >= 0.6 is 0 Å². The van der Waals surface area contributed by atoms with Crippen LogP contribution in [0.15, 0.2) is 0 Å². The zero-order chi connectivity index (χ0) is 8.10. The van der Waals surface area contributed by atoms with Gasteiger partial charge in [-0.15, -0.1) is 0 Å². The van der Waals surface area contributed by atoms with E-state index in [0.717, 1.165) is 25.9 Å². The van der Waals surface area contributed by atoms with Crippen LogP contribution in [0.5, 0.6) is 0 Å². The highest BCUT2D eigenvalue weighted by Crippen LogP contribution is 2.15. The maximum atomic E-state index is 10.9. The Kier molecular flexibility index (Phi) is 3.52. The lowest BCUT2D eigenvalue weighted by atomic mass is 9.93. The molecular formula is C8H16N2O. The van der Waals surface area contributed by atoms with Gasteiger partial charge in [0.05, 0.1) is 6.54 Å². The molecule has 0 saturated carbocycles. The normalized spacial score (nSPS) is 20.1. The molecule has 0 aromatic carbocycles. The highest BCUT2D eigenvalue weighted by atomic mass is 16.1. The van der Waals surface area contributed by atoms with Crippen LogP contribution in [0.1, 0.15) is 19.3 Å². The number of hydrogen-bond donors (Lipinski definition) is 2. The van der Waals surface area contributed by atoms with Crippen LogP contribution in [0.25, 0.3) is 0 Å². The summed E-state index contributed by atoms with van der Waals surface area (Å²) in [5.41, 5.74) is 5.22. The molecule has 0 radical (unpaired) electrons. The number of nitrogens with one attached hydrogen (secondary N) is 1. The van der Waals surface area contributed by atoms with Gasteiger partial charge in [0.1, 0.15) is 5.78 Å². The van der Waals surface area contributed by atoms with Gasteiger partial charge in [-0.3, -0.25) is 4.79 Å². The van der Waals surface area contributed by atoms with Gasteiger partial charge in [0.2, 0.25) is 0 Å². The lowest BCUT2D eigenvalue weighted by molar-refractivity contribution is -0.118. The summed E-state index contributed by atoms with van der Waals surface area (Å²) >= 11 is 0. The molecule has 0 aliphatic carbocycles. The summed E-state index contributed by atoms with van der Waals surface area (Å²) in [6.07, 6.45) is 2.95. The molecular weight excluding hydrogens is 140 g/mol. The largest absolute Gasteiger partial charge is 0.324 e. The second-order valence-electron chi connectivity index (χ2n) is 3.14. The number of hydrogen-bond acceptors (Lipinski definition) is 3. The average molecular weight is 156 g/mol.